The van der Waals surface area contributed by atoms with Gasteiger partial charge in [0.15, 0.2) is 0 Å². The molecule has 1 aliphatic rings. The van der Waals surface area contributed by atoms with E-state index in [2.05, 4.69) is 4.99 Å². The highest BCUT2D eigenvalue weighted by atomic mass is 32.2. The summed E-state index contributed by atoms with van der Waals surface area (Å²) >= 11 is 1.38. The molecule has 7 heteroatoms. The molecule has 0 saturated carbocycles. The van der Waals surface area contributed by atoms with E-state index in [0.717, 1.165) is 0 Å². The predicted molar refractivity (Wildman–Crippen MR) is 62.9 cm³/mol. The van der Waals surface area contributed by atoms with Crippen molar-refractivity contribution in [3.05, 3.63) is 0 Å². The van der Waals surface area contributed by atoms with E-state index >= 15 is 0 Å². The molecule has 0 radical (unpaired) electrons. The van der Waals surface area contributed by atoms with Crippen molar-refractivity contribution in [1.29, 1.82) is 0 Å². The van der Waals surface area contributed by atoms with Gasteiger partial charge in [-0.05, 0) is 0 Å². The van der Waals surface area contributed by atoms with Gasteiger partial charge in [0, 0.05) is 13.3 Å². The van der Waals surface area contributed by atoms with Crippen molar-refractivity contribution in [1.82, 2.24) is 4.90 Å². The number of hydrogen-bond donors (Lipinski definition) is 3. The lowest BCUT2D eigenvalue weighted by Gasteiger charge is -2.22. The number of aliphatic hydroxyl groups excluding tert-OH is 2. The fraction of sp³-hybridized carbons (Fsp3) is 0.778. The molecule has 0 aliphatic carbocycles. The molecule has 0 aromatic carbocycles. The van der Waals surface area contributed by atoms with E-state index in [9.17, 15) is 9.90 Å². The normalized spacial score (nSPS) is 29.9. The van der Waals surface area contributed by atoms with Gasteiger partial charge in [0.2, 0.25) is 5.91 Å². The van der Waals surface area contributed by atoms with Gasteiger partial charge in [0.25, 0.3) is 0 Å². The summed E-state index contributed by atoms with van der Waals surface area (Å²) in [7, 11) is 0. The van der Waals surface area contributed by atoms with Gasteiger partial charge in [-0.1, -0.05) is 0 Å². The number of nitrogens with zero attached hydrogens (tertiary/aromatic N) is 2. The van der Waals surface area contributed by atoms with Gasteiger partial charge in [-0.15, -0.1) is 11.8 Å². The molecular formula is C9H17N3O3S. The van der Waals surface area contributed by atoms with E-state index in [0.29, 0.717) is 6.42 Å². The maximum atomic E-state index is 11.4. The van der Waals surface area contributed by atoms with Crippen LogP contribution in [0.25, 0.3) is 0 Å². The quantitative estimate of drug-likeness (QED) is 0.435. The lowest BCUT2D eigenvalue weighted by Crippen LogP contribution is -2.35. The van der Waals surface area contributed by atoms with Crippen LogP contribution in [-0.4, -0.2) is 57.4 Å². The molecule has 6 nitrogen and oxygen atoms in total. The number of amides is 1. The zero-order valence-corrected chi connectivity index (χ0v) is 9.93. The van der Waals surface area contributed by atoms with Crippen molar-refractivity contribution in [2.75, 3.05) is 13.3 Å². The Hall–Kier alpha value is -0.630. The smallest absolute Gasteiger partial charge is 0.225 e. The second-order valence-electron chi connectivity index (χ2n) is 3.52. The fourth-order valence-corrected chi connectivity index (χ4v) is 2.97. The van der Waals surface area contributed by atoms with E-state index in [4.69, 9.17) is 10.8 Å². The van der Waals surface area contributed by atoms with Crippen LogP contribution in [0.2, 0.25) is 0 Å². The van der Waals surface area contributed by atoms with E-state index in [1.54, 1.807) is 0 Å². The molecule has 1 rings (SSSR count). The summed E-state index contributed by atoms with van der Waals surface area (Å²) in [5.74, 6) is -0.152. The third-order valence-electron chi connectivity index (χ3n) is 2.37. The van der Waals surface area contributed by atoms with Crippen LogP contribution in [0.5, 0.6) is 0 Å². The molecular weight excluding hydrogens is 230 g/mol. The molecule has 92 valence electrons. The van der Waals surface area contributed by atoms with E-state index in [-0.39, 0.29) is 29.8 Å². The number of nitrogens with two attached hydrogens (primary N) is 1. The maximum Gasteiger partial charge on any atom is 0.225 e. The van der Waals surface area contributed by atoms with Crippen molar-refractivity contribution >= 4 is 24.0 Å². The van der Waals surface area contributed by atoms with Crippen LogP contribution in [0, 0.1) is 0 Å². The molecule has 1 fully saturated rings. The van der Waals surface area contributed by atoms with Gasteiger partial charge in [0.05, 0.1) is 36.3 Å². The summed E-state index contributed by atoms with van der Waals surface area (Å²) in [6.07, 6.45) is 1.24. The summed E-state index contributed by atoms with van der Waals surface area (Å²) in [5, 5.41) is 18.2. The summed E-state index contributed by atoms with van der Waals surface area (Å²) in [4.78, 5) is 16.6. The largest absolute Gasteiger partial charge is 0.395 e. The number of carbonyl (C=O) groups is 1. The Bertz CT molecular complexity index is 275. The monoisotopic (exact) mass is 247 g/mol. The van der Waals surface area contributed by atoms with Gasteiger partial charge in [-0.25, -0.2) is 0 Å². The average molecular weight is 247 g/mol. The van der Waals surface area contributed by atoms with Gasteiger partial charge in [0.1, 0.15) is 0 Å². The molecule has 0 aromatic heterocycles. The fourth-order valence-electron chi connectivity index (χ4n) is 1.54. The zero-order valence-electron chi connectivity index (χ0n) is 9.11. The number of hydrogen-bond acceptors (Lipinski definition) is 6. The zero-order chi connectivity index (χ0) is 12.1. The molecule has 16 heavy (non-hydrogen) atoms. The number of carbonyl (C=O) groups excluding carboxylic acids is 1. The second-order valence-corrected chi connectivity index (χ2v) is 4.94. The summed E-state index contributed by atoms with van der Waals surface area (Å²) in [6, 6.07) is 0. The molecule has 1 saturated heterocycles. The predicted octanol–water partition coefficient (Wildman–Crippen LogP) is -1.04. The van der Waals surface area contributed by atoms with Crippen LogP contribution in [-0.2, 0) is 4.79 Å². The van der Waals surface area contributed by atoms with Gasteiger partial charge < -0.3 is 15.9 Å². The lowest BCUT2D eigenvalue weighted by molar-refractivity contribution is -0.125. The molecule has 4 N–H and O–H groups in total. The molecule has 3 atom stereocenters. The van der Waals surface area contributed by atoms with Gasteiger partial charge >= 0.3 is 0 Å². The third kappa shape index (κ3) is 3.18. The first-order chi connectivity index (χ1) is 7.60. The SMILES string of the molecule is CC(=O)N(/C=N\CN)[C@H]1C[C@@H](O)C(CO)S1. The first-order valence-electron chi connectivity index (χ1n) is 5.03. The summed E-state index contributed by atoms with van der Waals surface area (Å²) < 4.78 is 0. The first-order valence-corrected chi connectivity index (χ1v) is 5.97. The van der Waals surface area contributed by atoms with Crippen LogP contribution in [0.4, 0.5) is 0 Å². The molecule has 1 aliphatic heterocycles. The highest BCUT2D eigenvalue weighted by Crippen LogP contribution is 2.35. The molecule has 1 amide bonds. The molecule has 1 heterocycles. The number of thioether (sulfide) groups is 1. The van der Waals surface area contributed by atoms with E-state index in [1.165, 1.54) is 29.9 Å². The molecule has 0 spiro atoms. The Morgan fingerprint density at radius 1 is 1.75 bits per heavy atom. The van der Waals surface area contributed by atoms with Crippen molar-refractivity contribution in [3.8, 4) is 0 Å². The molecule has 1 unspecified atom stereocenters. The van der Waals surface area contributed by atoms with Crippen LogP contribution in [0.15, 0.2) is 4.99 Å². The van der Waals surface area contributed by atoms with E-state index < -0.39 is 6.10 Å². The number of aliphatic hydroxyl groups is 2. The summed E-state index contributed by atoms with van der Waals surface area (Å²) in [5.41, 5.74) is 5.22. The highest BCUT2D eigenvalue weighted by Gasteiger charge is 2.37. The minimum absolute atomic E-state index is 0.0951. The van der Waals surface area contributed by atoms with Crippen molar-refractivity contribution in [2.45, 2.75) is 30.1 Å². The van der Waals surface area contributed by atoms with Crippen LogP contribution in [0.1, 0.15) is 13.3 Å². The Kier molecular flexibility index (Phi) is 5.20. The highest BCUT2D eigenvalue weighted by molar-refractivity contribution is 8.00. The third-order valence-corrected chi connectivity index (χ3v) is 3.92. The Labute approximate surface area is 98.5 Å². The van der Waals surface area contributed by atoms with Crippen LogP contribution < -0.4 is 5.73 Å². The number of aliphatic imine (C=N–C) groups is 1. The summed E-state index contributed by atoms with van der Waals surface area (Å²) in [6.45, 7) is 1.46. The number of rotatable bonds is 4. The van der Waals surface area contributed by atoms with Crippen molar-refractivity contribution < 1.29 is 15.0 Å². The van der Waals surface area contributed by atoms with Crippen LogP contribution in [0.3, 0.4) is 0 Å². The Morgan fingerprint density at radius 3 is 2.88 bits per heavy atom. The van der Waals surface area contributed by atoms with Gasteiger partial charge in [-0.2, -0.15) is 0 Å². The van der Waals surface area contributed by atoms with Crippen molar-refractivity contribution in [2.24, 2.45) is 10.7 Å². The second kappa shape index (κ2) is 6.19. The Morgan fingerprint density at radius 2 is 2.44 bits per heavy atom. The standard InChI is InChI=1S/C9H17N3O3S/c1-6(14)12(5-11-4-10)9-2-7(15)8(3-13)16-9/h5,7-9,13,15H,2-4,10H2,1H3/b11-5-/t7-,8?,9-/m1/s1. The van der Waals surface area contributed by atoms with Crippen molar-refractivity contribution in [3.63, 3.8) is 0 Å². The van der Waals surface area contributed by atoms with Crippen LogP contribution >= 0.6 is 11.8 Å². The average Bonchev–Trinajstić information content (AvgIpc) is 2.59. The minimum atomic E-state index is -0.590. The van der Waals surface area contributed by atoms with E-state index in [1.807, 2.05) is 0 Å². The lowest BCUT2D eigenvalue weighted by atomic mass is 10.2. The minimum Gasteiger partial charge on any atom is -0.395 e. The molecule has 0 bridgehead atoms. The molecule has 0 aromatic rings. The topological polar surface area (TPSA) is 99.2 Å². The Balaban J connectivity index is 2.67. The van der Waals surface area contributed by atoms with Gasteiger partial charge in [-0.3, -0.25) is 14.7 Å². The first kappa shape index (κ1) is 13.4. The maximum absolute atomic E-state index is 11.4.